The van der Waals surface area contributed by atoms with Crippen molar-refractivity contribution in [2.45, 2.75) is 12.9 Å². The van der Waals surface area contributed by atoms with Crippen LogP contribution in [-0.2, 0) is 6.54 Å². The second-order valence-corrected chi connectivity index (χ2v) is 5.19. The highest BCUT2D eigenvalue weighted by Gasteiger charge is 2.31. The molecule has 2 rings (SSSR count). The van der Waals surface area contributed by atoms with Crippen LogP contribution < -0.4 is 10.1 Å². The summed E-state index contributed by atoms with van der Waals surface area (Å²) in [5.74, 6) is -0.212. The van der Waals surface area contributed by atoms with Crippen LogP contribution in [0.3, 0.4) is 0 Å². The van der Waals surface area contributed by atoms with E-state index in [1.807, 2.05) is 0 Å². The van der Waals surface area contributed by atoms with Crippen molar-refractivity contribution < 1.29 is 17.9 Å². The fraction of sp³-hybridized carbons (Fsp3) is 0.500. The van der Waals surface area contributed by atoms with Crippen molar-refractivity contribution >= 4 is 15.9 Å². The lowest BCUT2D eigenvalue weighted by atomic mass is 10.2. The molecule has 1 saturated heterocycles. The minimum Gasteiger partial charge on any atom is -0.405 e. The van der Waals surface area contributed by atoms with E-state index in [4.69, 9.17) is 0 Å². The number of rotatable bonds is 3. The molecule has 0 amide bonds. The molecule has 0 saturated carbocycles. The Kier molecular flexibility index (Phi) is 4.70. The first-order valence-corrected chi connectivity index (χ1v) is 6.70. The van der Waals surface area contributed by atoms with Crippen LogP contribution in [0.2, 0.25) is 0 Å². The number of ether oxygens (including phenoxy) is 1. The minimum absolute atomic E-state index is 0.212. The number of alkyl halides is 3. The monoisotopic (exact) mass is 338 g/mol. The number of nitrogens with one attached hydrogen (secondary N) is 1. The second kappa shape index (κ2) is 6.11. The predicted molar refractivity (Wildman–Crippen MR) is 69.0 cm³/mol. The van der Waals surface area contributed by atoms with E-state index in [1.54, 1.807) is 12.1 Å². The van der Waals surface area contributed by atoms with E-state index in [2.05, 4.69) is 30.9 Å². The van der Waals surface area contributed by atoms with Gasteiger partial charge in [0.05, 0.1) is 4.47 Å². The van der Waals surface area contributed by atoms with Crippen molar-refractivity contribution in [3.05, 3.63) is 28.2 Å². The van der Waals surface area contributed by atoms with Crippen LogP contribution in [0.1, 0.15) is 5.56 Å². The summed E-state index contributed by atoms with van der Waals surface area (Å²) in [7, 11) is 0. The quantitative estimate of drug-likeness (QED) is 0.917. The molecule has 0 atom stereocenters. The Morgan fingerprint density at radius 1 is 1.26 bits per heavy atom. The first-order chi connectivity index (χ1) is 8.94. The highest BCUT2D eigenvalue weighted by Crippen LogP contribution is 2.31. The molecule has 0 spiro atoms. The van der Waals surface area contributed by atoms with E-state index in [1.165, 1.54) is 6.07 Å². The molecule has 1 N–H and O–H groups in total. The molecule has 3 nitrogen and oxygen atoms in total. The Bertz CT molecular complexity index is 433. The molecule has 0 aromatic heterocycles. The van der Waals surface area contributed by atoms with Crippen molar-refractivity contribution in [1.29, 1.82) is 0 Å². The van der Waals surface area contributed by atoms with Gasteiger partial charge in [-0.1, -0.05) is 6.07 Å². The average molecular weight is 339 g/mol. The second-order valence-electron chi connectivity index (χ2n) is 4.34. The molecule has 0 unspecified atom stereocenters. The third kappa shape index (κ3) is 4.67. The smallest absolute Gasteiger partial charge is 0.405 e. The summed E-state index contributed by atoms with van der Waals surface area (Å²) in [6.07, 6.45) is -4.66. The highest BCUT2D eigenvalue weighted by molar-refractivity contribution is 9.10. The summed E-state index contributed by atoms with van der Waals surface area (Å²) in [5, 5.41) is 3.25. The lowest BCUT2D eigenvalue weighted by molar-refractivity contribution is -0.274. The van der Waals surface area contributed by atoms with Crippen LogP contribution in [0.25, 0.3) is 0 Å². The molecule has 19 heavy (non-hydrogen) atoms. The normalized spacial score (nSPS) is 17.5. The van der Waals surface area contributed by atoms with Crippen LogP contribution in [-0.4, -0.2) is 37.4 Å². The van der Waals surface area contributed by atoms with Gasteiger partial charge < -0.3 is 10.1 Å². The van der Waals surface area contributed by atoms with Crippen LogP contribution >= 0.6 is 15.9 Å². The molecule has 0 bridgehead atoms. The Balaban J connectivity index is 2.01. The molecular weight excluding hydrogens is 325 g/mol. The van der Waals surface area contributed by atoms with Crippen LogP contribution in [0, 0.1) is 0 Å². The molecule has 106 valence electrons. The number of hydrogen-bond acceptors (Lipinski definition) is 3. The van der Waals surface area contributed by atoms with E-state index < -0.39 is 6.36 Å². The van der Waals surface area contributed by atoms with Crippen molar-refractivity contribution in [1.82, 2.24) is 10.2 Å². The van der Waals surface area contributed by atoms with Crippen molar-refractivity contribution in [3.63, 3.8) is 0 Å². The summed E-state index contributed by atoms with van der Waals surface area (Å²) < 4.78 is 40.6. The zero-order valence-corrected chi connectivity index (χ0v) is 11.7. The Morgan fingerprint density at radius 3 is 2.53 bits per heavy atom. The fourth-order valence-electron chi connectivity index (χ4n) is 1.98. The summed E-state index contributed by atoms with van der Waals surface area (Å²) in [5.41, 5.74) is 0.961. The van der Waals surface area contributed by atoms with Crippen LogP contribution in [0.15, 0.2) is 22.7 Å². The number of nitrogens with zero attached hydrogens (tertiary/aromatic N) is 1. The topological polar surface area (TPSA) is 24.5 Å². The van der Waals surface area contributed by atoms with Gasteiger partial charge in [-0.25, -0.2) is 0 Å². The zero-order valence-electron chi connectivity index (χ0n) is 10.1. The molecule has 1 aromatic rings. The zero-order chi connectivity index (χ0) is 13.9. The standard InChI is InChI=1S/C12H14BrF3N2O/c13-10-7-9(8-18-5-3-17-4-6-18)1-2-11(10)19-12(14,15)16/h1-2,7,17H,3-6,8H2. The first kappa shape index (κ1) is 14.6. The summed E-state index contributed by atoms with van der Waals surface area (Å²) in [6, 6.07) is 4.67. The van der Waals surface area contributed by atoms with E-state index in [0.717, 1.165) is 38.3 Å². The summed E-state index contributed by atoms with van der Waals surface area (Å²) in [6.45, 7) is 4.50. The van der Waals surface area contributed by atoms with Crippen LogP contribution in [0.4, 0.5) is 13.2 Å². The van der Waals surface area contributed by atoms with Gasteiger partial charge in [-0.2, -0.15) is 0 Å². The molecule has 7 heteroatoms. The summed E-state index contributed by atoms with van der Waals surface area (Å²) in [4.78, 5) is 2.25. The maximum Gasteiger partial charge on any atom is 0.573 e. The van der Waals surface area contributed by atoms with Gasteiger partial charge in [-0.15, -0.1) is 13.2 Å². The minimum atomic E-state index is -4.66. The van der Waals surface area contributed by atoms with Crippen molar-refractivity contribution in [2.75, 3.05) is 26.2 Å². The molecule has 1 fully saturated rings. The van der Waals surface area contributed by atoms with Crippen molar-refractivity contribution in [2.24, 2.45) is 0 Å². The maximum atomic E-state index is 12.1. The lowest BCUT2D eigenvalue weighted by Gasteiger charge is -2.27. The van der Waals surface area contributed by atoms with Gasteiger partial charge in [0, 0.05) is 32.7 Å². The number of benzene rings is 1. The third-order valence-electron chi connectivity index (χ3n) is 2.84. The third-order valence-corrected chi connectivity index (χ3v) is 3.46. The van der Waals surface area contributed by atoms with E-state index in [-0.39, 0.29) is 5.75 Å². The Labute approximate surface area is 117 Å². The van der Waals surface area contributed by atoms with Gasteiger partial charge in [0.15, 0.2) is 0 Å². The molecule has 1 aromatic carbocycles. The van der Waals surface area contributed by atoms with Gasteiger partial charge >= 0.3 is 6.36 Å². The summed E-state index contributed by atoms with van der Waals surface area (Å²) >= 11 is 3.11. The number of halogens is 4. The molecular formula is C12H14BrF3N2O. The van der Waals surface area contributed by atoms with E-state index in [0.29, 0.717) is 4.47 Å². The SMILES string of the molecule is FC(F)(F)Oc1ccc(CN2CCNCC2)cc1Br. The first-order valence-electron chi connectivity index (χ1n) is 5.91. The Hall–Kier alpha value is -0.790. The van der Waals surface area contributed by atoms with Gasteiger partial charge in [-0.05, 0) is 33.6 Å². The maximum absolute atomic E-state index is 12.1. The lowest BCUT2D eigenvalue weighted by Crippen LogP contribution is -2.42. The fourth-order valence-corrected chi connectivity index (χ4v) is 2.48. The van der Waals surface area contributed by atoms with Gasteiger partial charge in [0.2, 0.25) is 0 Å². The van der Waals surface area contributed by atoms with E-state index >= 15 is 0 Å². The molecule has 0 radical (unpaired) electrons. The molecule has 0 aliphatic carbocycles. The average Bonchev–Trinajstić information content (AvgIpc) is 2.33. The Morgan fingerprint density at radius 2 is 1.95 bits per heavy atom. The predicted octanol–water partition coefficient (Wildman–Crippen LogP) is 2.75. The van der Waals surface area contributed by atoms with Crippen molar-refractivity contribution in [3.8, 4) is 5.75 Å². The van der Waals surface area contributed by atoms with Gasteiger partial charge in [-0.3, -0.25) is 4.90 Å². The molecule has 1 heterocycles. The molecule has 1 aliphatic rings. The van der Waals surface area contributed by atoms with Gasteiger partial charge in [0.25, 0.3) is 0 Å². The molecule has 1 aliphatic heterocycles. The largest absolute Gasteiger partial charge is 0.573 e. The van der Waals surface area contributed by atoms with Gasteiger partial charge in [0.1, 0.15) is 5.75 Å². The number of hydrogen-bond donors (Lipinski definition) is 1. The van der Waals surface area contributed by atoms with E-state index in [9.17, 15) is 13.2 Å². The number of piperazine rings is 1. The highest BCUT2D eigenvalue weighted by atomic mass is 79.9. The van der Waals surface area contributed by atoms with Crippen LogP contribution in [0.5, 0.6) is 5.75 Å².